The Kier molecular flexibility index (Phi) is 5.60. The number of aryl methyl sites for hydroxylation is 1. The van der Waals surface area contributed by atoms with Crippen LogP contribution in [0, 0.1) is 0 Å². The van der Waals surface area contributed by atoms with Crippen LogP contribution in [0.5, 0.6) is 5.75 Å². The van der Waals surface area contributed by atoms with Crippen molar-refractivity contribution in [3.8, 4) is 5.75 Å². The summed E-state index contributed by atoms with van der Waals surface area (Å²) in [5.74, 6) is 0.286. The lowest BCUT2D eigenvalue weighted by Crippen LogP contribution is -1.79. The zero-order chi connectivity index (χ0) is 10.3. The summed E-state index contributed by atoms with van der Waals surface area (Å²) in [7, 11) is 0. The van der Waals surface area contributed by atoms with Crippen LogP contribution in [0.2, 0.25) is 0 Å². The molecule has 0 aliphatic heterocycles. The summed E-state index contributed by atoms with van der Waals surface area (Å²) >= 11 is 0. The van der Waals surface area contributed by atoms with Gasteiger partial charge in [0.05, 0.1) is 5.69 Å². The molecule has 0 saturated carbocycles. The van der Waals surface area contributed by atoms with E-state index in [0.29, 0.717) is 0 Å². The molecule has 72 valence electrons. The molecular weight excluding hydrogens is 162 g/mol. The van der Waals surface area contributed by atoms with Crippen LogP contribution in [-0.2, 0) is 6.42 Å². The average Bonchev–Trinajstić information content (AvgIpc) is 2.20. The summed E-state index contributed by atoms with van der Waals surface area (Å²) in [5.41, 5.74) is 1.88. The van der Waals surface area contributed by atoms with Gasteiger partial charge in [-0.15, -0.1) is 0 Å². The molecule has 1 rings (SSSR count). The van der Waals surface area contributed by atoms with E-state index in [1.807, 2.05) is 20.8 Å². The van der Waals surface area contributed by atoms with Gasteiger partial charge in [-0.1, -0.05) is 20.8 Å². The molecule has 2 heteroatoms. The second kappa shape index (κ2) is 6.23. The molecule has 0 bridgehead atoms. The number of aliphatic imine (C=N–C) groups is 1. The van der Waals surface area contributed by atoms with E-state index in [1.54, 1.807) is 18.2 Å². The minimum atomic E-state index is 0.286. The van der Waals surface area contributed by atoms with Crippen molar-refractivity contribution in [1.82, 2.24) is 0 Å². The van der Waals surface area contributed by atoms with E-state index in [-0.39, 0.29) is 5.75 Å². The monoisotopic (exact) mass is 179 g/mol. The minimum Gasteiger partial charge on any atom is -0.508 e. The zero-order valence-corrected chi connectivity index (χ0v) is 8.54. The SMILES string of the molecule is C=Nc1ccc(O)cc1CC.CC. The van der Waals surface area contributed by atoms with E-state index in [4.69, 9.17) is 5.11 Å². The first-order valence-electron chi connectivity index (χ1n) is 4.56. The summed E-state index contributed by atoms with van der Waals surface area (Å²) < 4.78 is 0. The van der Waals surface area contributed by atoms with Crippen LogP contribution < -0.4 is 0 Å². The van der Waals surface area contributed by atoms with Crippen molar-refractivity contribution in [1.29, 1.82) is 0 Å². The van der Waals surface area contributed by atoms with Crippen molar-refractivity contribution in [3.05, 3.63) is 23.8 Å². The van der Waals surface area contributed by atoms with Crippen LogP contribution in [0.4, 0.5) is 5.69 Å². The Bertz CT molecular complexity index is 269. The Labute approximate surface area is 80.0 Å². The molecule has 0 heterocycles. The van der Waals surface area contributed by atoms with E-state index in [0.717, 1.165) is 17.7 Å². The predicted octanol–water partition coefficient (Wildman–Crippen LogP) is 3.31. The zero-order valence-electron chi connectivity index (χ0n) is 8.54. The molecule has 0 spiro atoms. The number of rotatable bonds is 2. The fourth-order valence-corrected chi connectivity index (χ4v) is 1.01. The fourth-order valence-electron chi connectivity index (χ4n) is 1.01. The molecule has 0 fully saturated rings. The Morgan fingerprint density at radius 3 is 2.46 bits per heavy atom. The smallest absolute Gasteiger partial charge is 0.116 e. The van der Waals surface area contributed by atoms with Gasteiger partial charge in [0.25, 0.3) is 0 Å². The highest BCUT2D eigenvalue weighted by Crippen LogP contribution is 2.23. The van der Waals surface area contributed by atoms with Gasteiger partial charge in [0.15, 0.2) is 0 Å². The van der Waals surface area contributed by atoms with Crippen molar-refractivity contribution >= 4 is 12.4 Å². The highest BCUT2D eigenvalue weighted by molar-refractivity contribution is 5.53. The lowest BCUT2D eigenvalue weighted by Gasteiger charge is -2.01. The van der Waals surface area contributed by atoms with Gasteiger partial charge in [-0.2, -0.15) is 0 Å². The van der Waals surface area contributed by atoms with Crippen LogP contribution in [0.3, 0.4) is 0 Å². The molecule has 0 unspecified atom stereocenters. The van der Waals surface area contributed by atoms with Crippen molar-refractivity contribution < 1.29 is 5.11 Å². The Morgan fingerprint density at radius 1 is 1.38 bits per heavy atom. The third kappa shape index (κ3) is 3.28. The highest BCUT2D eigenvalue weighted by Gasteiger charge is 1.98. The summed E-state index contributed by atoms with van der Waals surface area (Å²) in [6.45, 7) is 9.45. The van der Waals surface area contributed by atoms with Gasteiger partial charge in [0.1, 0.15) is 5.75 Å². The first kappa shape index (κ1) is 11.7. The van der Waals surface area contributed by atoms with Crippen LogP contribution in [-0.4, -0.2) is 11.8 Å². The fraction of sp³-hybridized carbons (Fsp3) is 0.364. The molecule has 0 aliphatic carbocycles. The Morgan fingerprint density at radius 2 is 2.00 bits per heavy atom. The van der Waals surface area contributed by atoms with E-state index in [9.17, 15) is 0 Å². The molecule has 0 atom stereocenters. The third-order valence-electron chi connectivity index (χ3n) is 1.61. The number of phenols is 1. The van der Waals surface area contributed by atoms with E-state index in [2.05, 4.69) is 11.7 Å². The standard InChI is InChI=1S/C9H11NO.C2H6/c1-3-7-6-8(11)4-5-9(7)10-2;1-2/h4-6,11H,2-3H2,1H3;1-2H3. The number of nitrogens with zero attached hydrogens (tertiary/aromatic N) is 1. The number of hydrogen-bond donors (Lipinski definition) is 1. The molecule has 2 nitrogen and oxygen atoms in total. The average molecular weight is 179 g/mol. The van der Waals surface area contributed by atoms with Gasteiger partial charge < -0.3 is 5.11 Å². The van der Waals surface area contributed by atoms with Crippen molar-refractivity contribution in [2.24, 2.45) is 4.99 Å². The topological polar surface area (TPSA) is 32.6 Å². The van der Waals surface area contributed by atoms with Crippen molar-refractivity contribution in [2.45, 2.75) is 27.2 Å². The normalized spacial score (nSPS) is 8.54. The molecule has 0 saturated heterocycles. The quantitative estimate of drug-likeness (QED) is 0.694. The maximum Gasteiger partial charge on any atom is 0.116 e. The molecule has 0 amide bonds. The second-order valence-electron chi connectivity index (χ2n) is 2.32. The highest BCUT2D eigenvalue weighted by atomic mass is 16.3. The molecule has 0 radical (unpaired) electrons. The van der Waals surface area contributed by atoms with E-state index >= 15 is 0 Å². The van der Waals surface area contributed by atoms with Gasteiger partial charge in [0, 0.05) is 0 Å². The minimum absolute atomic E-state index is 0.286. The molecule has 1 N–H and O–H groups in total. The largest absolute Gasteiger partial charge is 0.508 e. The molecule has 1 aromatic rings. The third-order valence-corrected chi connectivity index (χ3v) is 1.61. The summed E-state index contributed by atoms with van der Waals surface area (Å²) in [6.07, 6.45) is 0.864. The van der Waals surface area contributed by atoms with E-state index in [1.165, 1.54) is 0 Å². The van der Waals surface area contributed by atoms with Crippen LogP contribution in [0.1, 0.15) is 26.3 Å². The first-order valence-corrected chi connectivity index (χ1v) is 4.56. The number of phenolic OH excluding ortho intramolecular Hbond substituents is 1. The van der Waals surface area contributed by atoms with Crippen molar-refractivity contribution in [2.75, 3.05) is 0 Å². The van der Waals surface area contributed by atoms with Gasteiger partial charge in [-0.25, -0.2) is 0 Å². The summed E-state index contributed by atoms with van der Waals surface area (Å²) in [5, 5.41) is 9.10. The molecule has 0 aromatic heterocycles. The Balaban J connectivity index is 0.000000671. The van der Waals surface area contributed by atoms with Crippen LogP contribution in [0.15, 0.2) is 23.2 Å². The van der Waals surface area contributed by atoms with Crippen LogP contribution in [0.25, 0.3) is 0 Å². The second-order valence-corrected chi connectivity index (χ2v) is 2.32. The first-order chi connectivity index (χ1) is 6.27. The van der Waals surface area contributed by atoms with Gasteiger partial charge in [0.2, 0.25) is 0 Å². The maximum absolute atomic E-state index is 9.10. The van der Waals surface area contributed by atoms with E-state index < -0.39 is 0 Å². The molecular formula is C11H17NO. The summed E-state index contributed by atoms with van der Waals surface area (Å²) in [6, 6.07) is 5.09. The number of aromatic hydroxyl groups is 1. The summed E-state index contributed by atoms with van der Waals surface area (Å²) in [4.78, 5) is 3.82. The lowest BCUT2D eigenvalue weighted by molar-refractivity contribution is 0.474. The van der Waals surface area contributed by atoms with Gasteiger partial charge >= 0.3 is 0 Å². The van der Waals surface area contributed by atoms with Crippen molar-refractivity contribution in [3.63, 3.8) is 0 Å². The molecule has 1 aromatic carbocycles. The van der Waals surface area contributed by atoms with Crippen LogP contribution >= 0.6 is 0 Å². The molecule has 0 aliphatic rings. The van der Waals surface area contributed by atoms with Gasteiger partial charge in [-0.05, 0) is 36.9 Å². The Hall–Kier alpha value is -1.31. The lowest BCUT2D eigenvalue weighted by atomic mass is 10.1. The van der Waals surface area contributed by atoms with Gasteiger partial charge in [-0.3, -0.25) is 4.99 Å². The molecule has 13 heavy (non-hydrogen) atoms. The maximum atomic E-state index is 9.10. The number of benzene rings is 1. The predicted molar refractivity (Wildman–Crippen MR) is 58.0 cm³/mol. The number of hydrogen-bond acceptors (Lipinski definition) is 2.